The second-order valence-electron chi connectivity index (χ2n) is 5.07. The largest absolute Gasteiger partial charge is 0.361 e. The molecule has 6 heteroatoms. The summed E-state index contributed by atoms with van der Waals surface area (Å²) in [6.07, 6.45) is 2.04. The smallest absolute Gasteiger partial charge is 0.337 e. The Bertz CT molecular complexity index is 671. The van der Waals surface area contributed by atoms with Crippen LogP contribution >= 0.6 is 7.60 Å². The number of nitrogens with one attached hydrogen (secondary N) is 1. The monoisotopic (exact) mass is 309 g/mol. The van der Waals surface area contributed by atoms with Gasteiger partial charge < -0.3 is 14.0 Å². The van der Waals surface area contributed by atoms with Crippen molar-refractivity contribution in [1.82, 2.24) is 4.98 Å². The van der Waals surface area contributed by atoms with Gasteiger partial charge in [-0.25, -0.2) is 0 Å². The van der Waals surface area contributed by atoms with Gasteiger partial charge >= 0.3 is 7.60 Å². The number of carbonyl (C=O) groups is 1. The van der Waals surface area contributed by atoms with Crippen LogP contribution in [-0.2, 0) is 18.4 Å². The van der Waals surface area contributed by atoms with Crippen molar-refractivity contribution in [3.63, 3.8) is 0 Å². The molecule has 1 atom stereocenters. The predicted molar refractivity (Wildman–Crippen MR) is 82.8 cm³/mol. The lowest BCUT2D eigenvalue weighted by molar-refractivity contribution is -0.117. The van der Waals surface area contributed by atoms with E-state index in [0.29, 0.717) is 6.42 Å². The minimum Gasteiger partial charge on any atom is -0.361 e. The summed E-state index contributed by atoms with van der Waals surface area (Å²) in [5, 5.41) is 1.11. The van der Waals surface area contributed by atoms with Gasteiger partial charge in [-0.1, -0.05) is 25.1 Å². The third kappa shape index (κ3) is 3.62. The number of fused-ring (bicyclic) bond motifs is 1. The molecule has 1 aromatic carbocycles. The van der Waals surface area contributed by atoms with Gasteiger partial charge in [-0.05, 0) is 17.5 Å². The van der Waals surface area contributed by atoms with Crippen LogP contribution in [0.25, 0.3) is 10.9 Å². The molecule has 0 saturated carbocycles. The molecule has 0 spiro atoms. The van der Waals surface area contributed by atoms with Crippen LogP contribution < -0.4 is 0 Å². The highest BCUT2D eigenvalue weighted by molar-refractivity contribution is 7.54. The third-order valence-corrected chi connectivity index (χ3v) is 5.47. The Kier molecular flexibility index (Phi) is 4.99. The molecule has 0 aliphatic rings. The van der Waals surface area contributed by atoms with Crippen LogP contribution in [0, 0.1) is 0 Å². The summed E-state index contributed by atoms with van der Waals surface area (Å²) in [6.45, 7) is 1.98. The first-order valence-corrected chi connectivity index (χ1v) is 8.50. The molecule has 0 aliphatic heterocycles. The summed E-state index contributed by atoms with van der Waals surface area (Å²) < 4.78 is 21.6. The van der Waals surface area contributed by atoms with Gasteiger partial charge in [-0.2, -0.15) is 0 Å². The number of rotatable bonds is 7. The second-order valence-corrected chi connectivity index (χ2v) is 7.34. The van der Waals surface area contributed by atoms with Crippen LogP contribution in [0.5, 0.6) is 0 Å². The van der Waals surface area contributed by atoms with Crippen LogP contribution in [0.4, 0.5) is 0 Å². The molecular weight excluding hydrogens is 289 g/mol. The van der Waals surface area contributed by atoms with Crippen molar-refractivity contribution in [3.8, 4) is 0 Å². The van der Waals surface area contributed by atoms with Crippen LogP contribution in [0.2, 0.25) is 0 Å². The number of ketones is 1. The van der Waals surface area contributed by atoms with E-state index in [0.717, 1.165) is 16.5 Å². The average molecular weight is 309 g/mol. The zero-order valence-corrected chi connectivity index (χ0v) is 13.4. The first kappa shape index (κ1) is 16.0. The number of benzene rings is 1. The molecule has 114 valence electrons. The number of hydrogen-bond donors (Lipinski definition) is 1. The molecule has 2 rings (SSSR count). The van der Waals surface area contributed by atoms with E-state index in [4.69, 9.17) is 9.05 Å². The fourth-order valence-electron chi connectivity index (χ4n) is 2.44. The lowest BCUT2D eigenvalue weighted by Gasteiger charge is -2.14. The lowest BCUT2D eigenvalue weighted by atomic mass is 9.96. The maximum Gasteiger partial charge on any atom is 0.337 e. The summed E-state index contributed by atoms with van der Waals surface area (Å²) in [7, 11) is -0.691. The Morgan fingerprint density at radius 1 is 1.29 bits per heavy atom. The molecule has 0 unspecified atom stereocenters. The van der Waals surface area contributed by atoms with E-state index in [2.05, 4.69) is 4.98 Å². The number of aromatic nitrogens is 1. The quantitative estimate of drug-likeness (QED) is 0.792. The predicted octanol–water partition coefficient (Wildman–Crippen LogP) is 3.72. The Morgan fingerprint density at radius 3 is 2.62 bits per heavy atom. The second kappa shape index (κ2) is 6.56. The fourth-order valence-corrected chi connectivity index (χ4v) is 3.41. The maximum absolute atomic E-state index is 12.1. The zero-order valence-electron chi connectivity index (χ0n) is 12.5. The molecule has 1 aromatic heterocycles. The van der Waals surface area contributed by atoms with Gasteiger partial charge in [0.1, 0.15) is 11.9 Å². The van der Waals surface area contributed by atoms with Gasteiger partial charge in [0, 0.05) is 37.7 Å². The lowest BCUT2D eigenvalue weighted by Crippen LogP contribution is -2.11. The van der Waals surface area contributed by atoms with Crippen molar-refractivity contribution in [2.75, 3.05) is 20.4 Å². The molecule has 1 N–H and O–H groups in total. The minimum absolute atomic E-state index is 0.0378. The van der Waals surface area contributed by atoms with Crippen LogP contribution in [0.1, 0.15) is 24.8 Å². The van der Waals surface area contributed by atoms with E-state index in [-0.39, 0.29) is 17.9 Å². The van der Waals surface area contributed by atoms with Crippen molar-refractivity contribution >= 4 is 24.3 Å². The Labute approximate surface area is 124 Å². The molecule has 0 saturated heterocycles. The SMILES string of the molecule is COP(=O)(CC(=O)C[C@H](C)c1c[nH]c2ccccc12)OC. The Morgan fingerprint density at radius 2 is 1.95 bits per heavy atom. The molecule has 1 heterocycles. The van der Waals surface area contributed by atoms with Gasteiger partial charge in [-0.15, -0.1) is 0 Å². The summed E-state index contributed by atoms with van der Waals surface area (Å²) in [6, 6.07) is 7.96. The van der Waals surface area contributed by atoms with E-state index < -0.39 is 7.60 Å². The van der Waals surface area contributed by atoms with Crippen molar-refractivity contribution in [2.24, 2.45) is 0 Å². The highest BCUT2D eigenvalue weighted by Gasteiger charge is 2.26. The van der Waals surface area contributed by atoms with Crippen LogP contribution in [-0.4, -0.2) is 31.1 Å². The van der Waals surface area contributed by atoms with E-state index in [1.54, 1.807) is 0 Å². The number of aromatic amines is 1. The molecule has 0 bridgehead atoms. The molecular formula is C15H20NO4P. The maximum atomic E-state index is 12.1. The van der Waals surface area contributed by atoms with Crippen molar-refractivity contribution in [1.29, 1.82) is 0 Å². The minimum atomic E-state index is -3.28. The number of para-hydroxylation sites is 1. The van der Waals surface area contributed by atoms with Gasteiger partial charge in [0.15, 0.2) is 0 Å². The molecule has 0 amide bonds. The van der Waals surface area contributed by atoms with Crippen molar-refractivity contribution in [2.45, 2.75) is 19.3 Å². The number of carbonyl (C=O) groups excluding carboxylic acids is 1. The molecule has 0 aliphatic carbocycles. The van der Waals surface area contributed by atoms with E-state index in [1.165, 1.54) is 14.2 Å². The van der Waals surface area contributed by atoms with Crippen molar-refractivity contribution in [3.05, 3.63) is 36.0 Å². The summed E-state index contributed by atoms with van der Waals surface area (Å²) >= 11 is 0. The Hall–Kier alpha value is -1.42. The van der Waals surface area contributed by atoms with E-state index in [9.17, 15) is 9.36 Å². The summed E-state index contributed by atoms with van der Waals surface area (Å²) in [5.74, 6) is -0.0874. The van der Waals surface area contributed by atoms with Gasteiger partial charge in [-0.3, -0.25) is 9.36 Å². The molecule has 0 radical (unpaired) electrons. The number of hydrogen-bond acceptors (Lipinski definition) is 4. The van der Waals surface area contributed by atoms with Crippen LogP contribution in [0.3, 0.4) is 0 Å². The topological polar surface area (TPSA) is 68.4 Å². The van der Waals surface area contributed by atoms with E-state index >= 15 is 0 Å². The Balaban J connectivity index is 2.09. The number of Topliss-reactive ketones (excluding diaryl/α,β-unsaturated/α-hetero) is 1. The molecule has 0 fully saturated rings. The molecule has 21 heavy (non-hydrogen) atoms. The fraction of sp³-hybridized carbons (Fsp3) is 0.400. The third-order valence-electron chi connectivity index (χ3n) is 3.61. The molecule has 5 nitrogen and oxygen atoms in total. The highest BCUT2D eigenvalue weighted by atomic mass is 31.2. The average Bonchev–Trinajstić information content (AvgIpc) is 2.91. The van der Waals surface area contributed by atoms with Crippen molar-refractivity contribution < 1.29 is 18.4 Å². The van der Waals surface area contributed by atoms with Crippen LogP contribution in [0.15, 0.2) is 30.5 Å². The molecule has 2 aromatic rings. The summed E-state index contributed by atoms with van der Waals surface area (Å²) in [5.41, 5.74) is 2.13. The zero-order chi connectivity index (χ0) is 15.5. The standard InChI is InChI=1S/C15H20NO4P/c1-11(8-12(17)10-21(18,19-2)20-3)14-9-16-15-7-5-4-6-13(14)15/h4-7,9,11,16H,8,10H2,1-3H3/t11-/m0/s1. The highest BCUT2D eigenvalue weighted by Crippen LogP contribution is 2.46. The van der Waals surface area contributed by atoms with Gasteiger partial charge in [0.05, 0.1) is 0 Å². The van der Waals surface area contributed by atoms with Gasteiger partial charge in [0.25, 0.3) is 0 Å². The first-order chi connectivity index (χ1) is 9.99. The summed E-state index contributed by atoms with van der Waals surface area (Å²) in [4.78, 5) is 15.3. The first-order valence-electron chi connectivity index (χ1n) is 6.77. The normalized spacial score (nSPS) is 13.5. The number of H-pyrrole nitrogens is 1. The van der Waals surface area contributed by atoms with E-state index in [1.807, 2.05) is 37.4 Å². The van der Waals surface area contributed by atoms with Gasteiger partial charge in [0.2, 0.25) is 0 Å².